The minimum absolute atomic E-state index is 0.173. The number of hydrogen-bond acceptors (Lipinski definition) is 2. The standard InChI is InChI=1S/C12H12N2O/c1-9-2-7-12(15)14(9)11-5-3-10(8-13)4-6-11/h3-6,9H,2,7H2,1H3/t9-/m1/s1. The Morgan fingerprint density at radius 3 is 2.53 bits per heavy atom. The van der Waals surface area contributed by atoms with Gasteiger partial charge in [-0.05, 0) is 37.6 Å². The Hall–Kier alpha value is -1.82. The summed E-state index contributed by atoms with van der Waals surface area (Å²) in [7, 11) is 0. The fourth-order valence-electron chi connectivity index (χ4n) is 1.92. The number of carbonyl (C=O) groups excluding carboxylic acids is 1. The molecular weight excluding hydrogens is 188 g/mol. The highest BCUT2D eigenvalue weighted by atomic mass is 16.2. The van der Waals surface area contributed by atoms with Gasteiger partial charge in [-0.2, -0.15) is 5.26 Å². The van der Waals surface area contributed by atoms with Gasteiger partial charge in [0.15, 0.2) is 0 Å². The van der Waals surface area contributed by atoms with Crippen molar-refractivity contribution in [3.05, 3.63) is 29.8 Å². The van der Waals surface area contributed by atoms with Gasteiger partial charge in [0.25, 0.3) is 0 Å². The molecule has 1 heterocycles. The summed E-state index contributed by atoms with van der Waals surface area (Å²) < 4.78 is 0. The van der Waals surface area contributed by atoms with E-state index in [1.165, 1.54) is 0 Å². The van der Waals surface area contributed by atoms with Crippen LogP contribution in [-0.4, -0.2) is 11.9 Å². The van der Waals surface area contributed by atoms with Crippen LogP contribution in [0.4, 0.5) is 5.69 Å². The molecule has 0 aromatic heterocycles. The zero-order chi connectivity index (χ0) is 10.8. The summed E-state index contributed by atoms with van der Waals surface area (Å²) >= 11 is 0. The van der Waals surface area contributed by atoms with Gasteiger partial charge in [-0.1, -0.05) is 0 Å². The minimum Gasteiger partial charge on any atom is -0.310 e. The van der Waals surface area contributed by atoms with Crippen LogP contribution in [-0.2, 0) is 4.79 Å². The maximum atomic E-state index is 11.6. The van der Waals surface area contributed by atoms with Crippen molar-refractivity contribution in [2.45, 2.75) is 25.8 Å². The molecule has 3 heteroatoms. The predicted octanol–water partition coefficient (Wildman–Crippen LogP) is 2.07. The molecule has 15 heavy (non-hydrogen) atoms. The van der Waals surface area contributed by atoms with E-state index in [9.17, 15) is 4.79 Å². The van der Waals surface area contributed by atoms with Gasteiger partial charge >= 0.3 is 0 Å². The van der Waals surface area contributed by atoms with Crippen molar-refractivity contribution in [2.24, 2.45) is 0 Å². The van der Waals surface area contributed by atoms with E-state index in [-0.39, 0.29) is 11.9 Å². The molecule has 1 aliphatic rings. The summed E-state index contributed by atoms with van der Waals surface area (Å²) in [4.78, 5) is 13.4. The lowest BCUT2D eigenvalue weighted by atomic mass is 10.2. The normalized spacial score (nSPS) is 20.4. The Balaban J connectivity index is 2.30. The van der Waals surface area contributed by atoms with Gasteiger partial charge < -0.3 is 4.90 Å². The number of hydrogen-bond donors (Lipinski definition) is 0. The van der Waals surface area contributed by atoms with Crippen LogP contribution >= 0.6 is 0 Å². The SMILES string of the molecule is C[C@@H]1CCC(=O)N1c1ccc(C#N)cc1. The first-order valence-corrected chi connectivity index (χ1v) is 5.04. The third-order valence-corrected chi connectivity index (χ3v) is 2.76. The second-order valence-electron chi connectivity index (χ2n) is 3.81. The maximum absolute atomic E-state index is 11.6. The molecule has 1 atom stereocenters. The molecule has 76 valence electrons. The summed E-state index contributed by atoms with van der Waals surface area (Å²) in [5, 5.41) is 8.67. The highest BCUT2D eigenvalue weighted by Gasteiger charge is 2.28. The highest BCUT2D eigenvalue weighted by molar-refractivity contribution is 5.96. The Morgan fingerprint density at radius 2 is 2.07 bits per heavy atom. The number of anilines is 1. The zero-order valence-corrected chi connectivity index (χ0v) is 8.60. The van der Waals surface area contributed by atoms with Crippen molar-refractivity contribution in [1.82, 2.24) is 0 Å². The molecule has 0 N–H and O–H groups in total. The Bertz CT molecular complexity index is 416. The van der Waals surface area contributed by atoms with Crippen molar-refractivity contribution in [3.63, 3.8) is 0 Å². The lowest BCUT2D eigenvalue weighted by Gasteiger charge is -2.21. The van der Waals surface area contributed by atoms with E-state index >= 15 is 0 Å². The van der Waals surface area contributed by atoms with E-state index in [0.717, 1.165) is 12.1 Å². The second-order valence-corrected chi connectivity index (χ2v) is 3.81. The summed E-state index contributed by atoms with van der Waals surface area (Å²) in [5.41, 5.74) is 1.52. The van der Waals surface area contributed by atoms with Crippen molar-refractivity contribution in [2.75, 3.05) is 4.90 Å². The Kier molecular flexibility index (Phi) is 2.42. The molecule has 0 radical (unpaired) electrons. The van der Waals surface area contributed by atoms with E-state index in [0.29, 0.717) is 12.0 Å². The molecule has 3 nitrogen and oxygen atoms in total. The number of rotatable bonds is 1. The molecule has 1 aromatic rings. The average molecular weight is 200 g/mol. The van der Waals surface area contributed by atoms with Gasteiger partial charge in [-0.3, -0.25) is 4.79 Å². The van der Waals surface area contributed by atoms with Gasteiger partial charge in [0, 0.05) is 18.2 Å². The van der Waals surface area contributed by atoms with Crippen molar-refractivity contribution < 1.29 is 4.79 Å². The number of amides is 1. The van der Waals surface area contributed by atoms with E-state index in [1.807, 2.05) is 19.1 Å². The van der Waals surface area contributed by atoms with E-state index in [1.54, 1.807) is 17.0 Å². The van der Waals surface area contributed by atoms with Crippen LogP contribution in [0.2, 0.25) is 0 Å². The molecule has 1 aliphatic heterocycles. The molecular formula is C12H12N2O. The van der Waals surface area contributed by atoms with Crippen LogP contribution in [0, 0.1) is 11.3 Å². The molecule has 0 spiro atoms. The van der Waals surface area contributed by atoms with E-state index in [4.69, 9.17) is 5.26 Å². The second kappa shape index (κ2) is 3.74. The first kappa shape index (κ1) is 9.72. The summed E-state index contributed by atoms with van der Waals surface area (Å²) in [6.45, 7) is 2.04. The minimum atomic E-state index is 0.173. The molecule has 1 amide bonds. The largest absolute Gasteiger partial charge is 0.310 e. The van der Waals surface area contributed by atoms with Crippen LogP contribution in [0.25, 0.3) is 0 Å². The van der Waals surface area contributed by atoms with Crippen LogP contribution in [0.3, 0.4) is 0 Å². The third-order valence-electron chi connectivity index (χ3n) is 2.76. The van der Waals surface area contributed by atoms with Gasteiger partial charge in [-0.15, -0.1) is 0 Å². The van der Waals surface area contributed by atoms with Gasteiger partial charge in [0.05, 0.1) is 11.6 Å². The lowest BCUT2D eigenvalue weighted by Crippen LogP contribution is -2.30. The summed E-state index contributed by atoms with van der Waals surface area (Å²) in [6, 6.07) is 9.48. The first-order valence-electron chi connectivity index (χ1n) is 5.04. The fourth-order valence-corrected chi connectivity index (χ4v) is 1.92. The van der Waals surface area contributed by atoms with Crippen LogP contribution < -0.4 is 4.90 Å². The molecule has 0 saturated carbocycles. The molecule has 2 rings (SSSR count). The van der Waals surface area contributed by atoms with Gasteiger partial charge in [-0.25, -0.2) is 0 Å². The Labute approximate surface area is 88.9 Å². The van der Waals surface area contributed by atoms with Crippen LogP contribution in [0.1, 0.15) is 25.3 Å². The number of carbonyl (C=O) groups is 1. The topological polar surface area (TPSA) is 44.1 Å². The monoisotopic (exact) mass is 200 g/mol. The number of nitrogens with zero attached hydrogens (tertiary/aromatic N) is 2. The summed E-state index contributed by atoms with van der Waals surface area (Å²) in [6.07, 6.45) is 1.54. The fraction of sp³-hybridized carbons (Fsp3) is 0.333. The molecule has 0 aliphatic carbocycles. The van der Waals surface area contributed by atoms with Crippen LogP contribution in [0.5, 0.6) is 0 Å². The molecule has 0 bridgehead atoms. The Morgan fingerprint density at radius 1 is 1.40 bits per heavy atom. The zero-order valence-electron chi connectivity index (χ0n) is 8.60. The van der Waals surface area contributed by atoms with E-state index < -0.39 is 0 Å². The predicted molar refractivity (Wildman–Crippen MR) is 57.3 cm³/mol. The number of nitriles is 1. The van der Waals surface area contributed by atoms with Crippen LogP contribution in [0.15, 0.2) is 24.3 Å². The molecule has 1 aromatic carbocycles. The maximum Gasteiger partial charge on any atom is 0.227 e. The van der Waals surface area contributed by atoms with E-state index in [2.05, 4.69) is 6.07 Å². The van der Waals surface area contributed by atoms with Crippen molar-refractivity contribution >= 4 is 11.6 Å². The third kappa shape index (κ3) is 1.71. The quantitative estimate of drug-likeness (QED) is 0.696. The molecule has 0 unspecified atom stereocenters. The van der Waals surface area contributed by atoms with Crippen molar-refractivity contribution in [1.29, 1.82) is 5.26 Å². The highest BCUT2D eigenvalue weighted by Crippen LogP contribution is 2.26. The number of benzene rings is 1. The average Bonchev–Trinajstić information content (AvgIpc) is 2.59. The molecule has 1 saturated heterocycles. The lowest BCUT2D eigenvalue weighted by molar-refractivity contribution is -0.117. The van der Waals surface area contributed by atoms with Gasteiger partial charge in [0.2, 0.25) is 5.91 Å². The molecule has 1 fully saturated rings. The first-order chi connectivity index (χ1) is 7.22. The van der Waals surface area contributed by atoms with Gasteiger partial charge in [0.1, 0.15) is 0 Å². The van der Waals surface area contributed by atoms with Crippen molar-refractivity contribution in [3.8, 4) is 6.07 Å². The summed E-state index contributed by atoms with van der Waals surface area (Å²) in [5.74, 6) is 0.173. The smallest absolute Gasteiger partial charge is 0.227 e.